The number of rotatable bonds is 6. The van der Waals surface area contributed by atoms with Crippen LogP contribution in [-0.2, 0) is 9.53 Å². The fourth-order valence-corrected chi connectivity index (χ4v) is 0.803. The first-order valence-corrected chi connectivity index (χ1v) is 4.02. The van der Waals surface area contributed by atoms with Gasteiger partial charge in [0.15, 0.2) is 5.78 Å². The Balaban J connectivity index is 3.65. The Hall–Kier alpha value is -0.450. The van der Waals surface area contributed by atoms with Gasteiger partial charge in [-0.05, 0) is 13.3 Å². The van der Waals surface area contributed by atoms with Crippen molar-refractivity contribution in [3.8, 4) is 0 Å². The van der Waals surface area contributed by atoms with Gasteiger partial charge in [0.05, 0.1) is 13.2 Å². The molecule has 0 spiro atoms. The fourth-order valence-electron chi connectivity index (χ4n) is 0.803. The van der Waals surface area contributed by atoms with Crippen LogP contribution in [0.15, 0.2) is 0 Å². The van der Waals surface area contributed by atoms with E-state index in [1.165, 1.54) is 6.92 Å². The summed E-state index contributed by atoms with van der Waals surface area (Å²) < 4.78 is 5.05. The number of ether oxygens (including phenoxy) is 1. The Morgan fingerprint density at radius 2 is 2.17 bits per heavy atom. The summed E-state index contributed by atoms with van der Waals surface area (Å²) in [7, 11) is 0. The summed E-state index contributed by atoms with van der Waals surface area (Å²) in [5.74, 6) is -0.0531. The monoisotopic (exact) mass is 176 g/mol. The zero-order chi connectivity index (χ0) is 9.56. The number of hydrogen-bond acceptors (Lipinski definition) is 4. The van der Waals surface area contributed by atoms with E-state index < -0.39 is 12.2 Å². The molecule has 2 unspecified atom stereocenters. The molecule has 0 radical (unpaired) electrons. The molecule has 0 aromatic carbocycles. The van der Waals surface area contributed by atoms with Gasteiger partial charge in [0.1, 0.15) is 12.2 Å². The van der Waals surface area contributed by atoms with E-state index in [1.54, 1.807) is 0 Å². The Morgan fingerprint density at radius 3 is 2.50 bits per heavy atom. The quantitative estimate of drug-likeness (QED) is 0.584. The minimum absolute atomic E-state index is 0.00852. The zero-order valence-electron chi connectivity index (χ0n) is 7.49. The molecule has 12 heavy (non-hydrogen) atoms. The molecule has 0 amide bonds. The predicted octanol–water partition coefficient (Wildman–Crippen LogP) is -0.276. The van der Waals surface area contributed by atoms with Crippen LogP contribution in [0.2, 0.25) is 0 Å². The van der Waals surface area contributed by atoms with Crippen LogP contribution >= 0.6 is 0 Å². The third kappa shape index (κ3) is 4.43. The van der Waals surface area contributed by atoms with Gasteiger partial charge in [0.25, 0.3) is 0 Å². The molecule has 0 aliphatic heterocycles. The van der Waals surface area contributed by atoms with E-state index in [-0.39, 0.29) is 19.0 Å². The number of ketones is 1. The lowest BCUT2D eigenvalue weighted by molar-refractivity contribution is -0.131. The molecule has 0 saturated carbocycles. The summed E-state index contributed by atoms with van der Waals surface area (Å²) in [6.45, 7) is 2.94. The van der Waals surface area contributed by atoms with Crippen LogP contribution in [0.1, 0.15) is 20.3 Å². The molecule has 4 heteroatoms. The molecule has 0 aromatic heterocycles. The molecule has 0 aromatic rings. The third-order valence-corrected chi connectivity index (χ3v) is 1.52. The minimum atomic E-state index is -0.890. The molecule has 4 nitrogen and oxygen atoms in total. The first kappa shape index (κ1) is 11.6. The SMILES string of the molecule is CCC(OCC(O)CO)C(C)=O. The smallest absolute Gasteiger partial charge is 0.158 e. The second-order valence-corrected chi connectivity index (χ2v) is 2.68. The molecule has 0 bridgehead atoms. The Morgan fingerprint density at radius 1 is 1.58 bits per heavy atom. The lowest BCUT2D eigenvalue weighted by Crippen LogP contribution is -2.27. The highest BCUT2D eigenvalue weighted by Gasteiger charge is 2.13. The van der Waals surface area contributed by atoms with Gasteiger partial charge < -0.3 is 14.9 Å². The Labute approximate surface area is 72.2 Å². The number of carbonyl (C=O) groups excluding carboxylic acids is 1. The number of aliphatic hydroxyl groups is 2. The predicted molar refractivity (Wildman–Crippen MR) is 43.8 cm³/mol. The van der Waals surface area contributed by atoms with Crippen molar-refractivity contribution in [2.75, 3.05) is 13.2 Å². The normalized spacial score (nSPS) is 15.7. The van der Waals surface area contributed by atoms with Crippen LogP contribution in [-0.4, -0.2) is 41.4 Å². The van der Waals surface area contributed by atoms with E-state index in [9.17, 15) is 4.79 Å². The number of Topliss-reactive ketones (excluding diaryl/α,β-unsaturated/α-hetero) is 1. The maximum Gasteiger partial charge on any atom is 0.158 e. The van der Waals surface area contributed by atoms with Crippen LogP contribution < -0.4 is 0 Å². The van der Waals surface area contributed by atoms with Gasteiger partial charge in [0.2, 0.25) is 0 Å². The lowest BCUT2D eigenvalue weighted by Gasteiger charge is -2.14. The van der Waals surface area contributed by atoms with Gasteiger partial charge in [-0.15, -0.1) is 0 Å². The summed E-state index contributed by atoms with van der Waals surface area (Å²) in [4.78, 5) is 10.8. The minimum Gasteiger partial charge on any atom is -0.394 e. The molecular formula is C8H16O4. The van der Waals surface area contributed by atoms with Crippen molar-refractivity contribution in [2.24, 2.45) is 0 Å². The summed E-state index contributed by atoms with van der Waals surface area (Å²) in [6.07, 6.45) is -0.752. The van der Waals surface area contributed by atoms with Crippen LogP contribution in [0.5, 0.6) is 0 Å². The Bertz CT molecular complexity index is 135. The molecule has 2 atom stereocenters. The summed E-state index contributed by atoms with van der Waals surface area (Å²) in [5, 5.41) is 17.3. The van der Waals surface area contributed by atoms with Gasteiger partial charge in [-0.25, -0.2) is 0 Å². The highest BCUT2D eigenvalue weighted by Crippen LogP contribution is 2.00. The van der Waals surface area contributed by atoms with Crippen LogP contribution in [0, 0.1) is 0 Å². The summed E-state index contributed by atoms with van der Waals surface area (Å²) >= 11 is 0. The highest BCUT2D eigenvalue weighted by atomic mass is 16.5. The standard InChI is InChI=1S/C8H16O4/c1-3-8(6(2)10)12-5-7(11)4-9/h7-9,11H,3-5H2,1-2H3. The number of hydrogen-bond donors (Lipinski definition) is 2. The van der Waals surface area contributed by atoms with Crippen LogP contribution in [0.3, 0.4) is 0 Å². The zero-order valence-corrected chi connectivity index (χ0v) is 7.49. The molecule has 72 valence electrons. The van der Waals surface area contributed by atoms with Crippen LogP contribution in [0.25, 0.3) is 0 Å². The average molecular weight is 176 g/mol. The van der Waals surface area contributed by atoms with Crippen molar-refractivity contribution in [1.82, 2.24) is 0 Å². The molecule has 0 aliphatic rings. The van der Waals surface area contributed by atoms with E-state index in [2.05, 4.69) is 0 Å². The van der Waals surface area contributed by atoms with E-state index in [1.807, 2.05) is 6.92 Å². The summed E-state index contributed by atoms with van der Waals surface area (Å²) in [5.41, 5.74) is 0. The highest BCUT2D eigenvalue weighted by molar-refractivity contribution is 5.80. The van der Waals surface area contributed by atoms with Gasteiger partial charge in [-0.3, -0.25) is 4.79 Å². The van der Waals surface area contributed by atoms with E-state index in [0.717, 1.165) is 0 Å². The van der Waals surface area contributed by atoms with Crippen molar-refractivity contribution < 1.29 is 19.7 Å². The fraction of sp³-hybridized carbons (Fsp3) is 0.875. The summed E-state index contributed by atoms with van der Waals surface area (Å²) in [6, 6.07) is 0. The topological polar surface area (TPSA) is 66.8 Å². The second kappa shape index (κ2) is 6.11. The van der Waals surface area contributed by atoms with E-state index in [4.69, 9.17) is 14.9 Å². The molecule has 0 fully saturated rings. The molecule has 0 rings (SSSR count). The van der Waals surface area contributed by atoms with Crippen molar-refractivity contribution in [3.05, 3.63) is 0 Å². The first-order valence-electron chi connectivity index (χ1n) is 4.02. The average Bonchev–Trinajstić information content (AvgIpc) is 2.04. The Kier molecular flexibility index (Phi) is 5.88. The largest absolute Gasteiger partial charge is 0.394 e. The van der Waals surface area contributed by atoms with Gasteiger partial charge >= 0.3 is 0 Å². The van der Waals surface area contributed by atoms with Gasteiger partial charge in [-0.2, -0.15) is 0 Å². The van der Waals surface area contributed by atoms with E-state index in [0.29, 0.717) is 6.42 Å². The van der Waals surface area contributed by atoms with Gasteiger partial charge in [0, 0.05) is 0 Å². The van der Waals surface area contributed by atoms with Crippen LogP contribution in [0.4, 0.5) is 0 Å². The van der Waals surface area contributed by atoms with Crippen molar-refractivity contribution in [3.63, 3.8) is 0 Å². The maximum atomic E-state index is 10.8. The first-order chi connectivity index (χ1) is 5.61. The van der Waals surface area contributed by atoms with Crippen molar-refractivity contribution in [1.29, 1.82) is 0 Å². The molecule has 2 N–H and O–H groups in total. The van der Waals surface area contributed by atoms with Gasteiger partial charge in [-0.1, -0.05) is 6.92 Å². The molecule has 0 saturated heterocycles. The maximum absolute atomic E-state index is 10.8. The molecule has 0 aliphatic carbocycles. The molecular weight excluding hydrogens is 160 g/mol. The number of aliphatic hydroxyl groups excluding tert-OH is 2. The van der Waals surface area contributed by atoms with Crippen molar-refractivity contribution >= 4 is 5.78 Å². The molecule has 0 heterocycles. The third-order valence-electron chi connectivity index (χ3n) is 1.52. The van der Waals surface area contributed by atoms with Crippen molar-refractivity contribution in [2.45, 2.75) is 32.5 Å². The number of carbonyl (C=O) groups is 1. The second-order valence-electron chi connectivity index (χ2n) is 2.68. The lowest BCUT2D eigenvalue weighted by atomic mass is 10.2. The van der Waals surface area contributed by atoms with E-state index >= 15 is 0 Å².